The standard InChI is InChI=1S/C42H43N7O5S/c1-27(2)25-48-39-37(41(51)47(5)42(48)52)38(49(45-39)26-31-16-8-13-28-12-6-7-17-32(28)31)29-14-9-15-30(24-29)40(50)43-22-23-44-55(53,54)36-21-11-18-33-34(36)19-10-20-35(33)46(3)4/h6-21,24,27,44H,22-23,25-26H2,1-5H3,(H,43,50). The van der Waals surface area contributed by atoms with Gasteiger partial charge in [-0.1, -0.05) is 92.7 Å². The van der Waals surface area contributed by atoms with Crippen molar-refractivity contribution in [3.8, 4) is 11.3 Å². The monoisotopic (exact) mass is 757 g/mol. The highest BCUT2D eigenvalue weighted by Gasteiger charge is 2.24. The largest absolute Gasteiger partial charge is 0.377 e. The number of amides is 1. The summed E-state index contributed by atoms with van der Waals surface area (Å²) in [6.45, 7) is 4.64. The number of sulfonamides is 1. The minimum atomic E-state index is -3.90. The van der Waals surface area contributed by atoms with E-state index in [0.29, 0.717) is 35.3 Å². The Bertz CT molecular complexity index is 2830. The van der Waals surface area contributed by atoms with Crippen molar-refractivity contribution < 1.29 is 13.2 Å². The first-order valence-electron chi connectivity index (χ1n) is 18.1. The zero-order chi connectivity index (χ0) is 39.0. The van der Waals surface area contributed by atoms with E-state index in [2.05, 4.69) is 10.0 Å². The normalized spacial score (nSPS) is 11.9. The summed E-state index contributed by atoms with van der Waals surface area (Å²) in [5.41, 5.74) is 2.58. The fourth-order valence-corrected chi connectivity index (χ4v) is 8.38. The Kier molecular flexibility index (Phi) is 10.2. The molecule has 0 radical (unpaired) electrons. The van der Waals surface area contributed by atoms with E-state index in [-0.39, 0.29) is 34.9 Å². The molecule has 282 valence electrons. The lowest BCUT2D eigenvalue weighted by molar-refractivity contribution is 0.0954. The molecule has 2 aromatic heterocycles. The van der Waals surface area contributed by atoms with Gasteiger partial charge in [-0.25, -0.2) is 17.9 Å². The number of hydrogen-bond acceptors (Lipinski definition) is 7. The summed E-state index contributed by atoms with van der Waals surface area (Å²) >= 11 is 0. The maximum Gasteiger partial charge on any atom is 0.332 e. The third-order valence-electron chi connectivity index (χ3n) is 9.70. The van der Waals surface area contributed by atoms with Gasteiger partial charge in [-0.15, -0.1) is 0 Å². The molecular weight excluding hydrogens is 715 g/mol. The maximum absolute atomic E-state index is 13.9. The topological polar surface area (TPSA) is 140 Å². The molecule has 55 heavy (non-hydrogen) atoms. The highest BCUT2D eigenvalue weighted by molar-refractivity contribution is 7.89. The number of nitrogens with zero attached hydrogens (tertiary/aromatic N) is 5. The number of rotatable bonds is 12. The Balaban J connectivity index is 1.19. The van der Waals surface area contributed by atoms with Crippen molar-refractivity contribution in [2.45, 2.75) is 31.8 Å². The predicted molar refractivity (Wildman–Crippen MR) is 218 cm³/mol. The van der Waals surface area contributed by atoms with E-state index in [9.17, 15) is 22.8 Å². The molecule has 2 heterocycles. The Labute approximate surface area is 318 Å². The molecule has 7 rings (SSSR count). The van der Waals surface area contributed by atoms with E-state index in [1.165, 1.54) is 7.05 Å². The number of anilines is 1. The average Bonchev–Trinajstić information content (AvgIpc) is 3.55. The Hall–Kier alpha value is -6.05. The Morgan fingerprint density at radius 3 is 2.31 bits per heavy atom. The van der Waals surface area contributed by atoms with Gasteiger partial charge in [-0.3, -0.25) is 23.4 Å². The number of nitrogens with one attached hydrogen (secondary N) is 2. The highest BCUT2D eigenvalue weighted by Crippen LogP contribution is 2.31. The SMILES string of the molecule is CC(C)Cn1c(=O)n(C)c(=O)c2c(-c3cccc(C(=O)NCCNS(=O)(=O)c4cccc5c(N(C)C)cccc45)c3)n(Cc3cccc4ccccc34)nc21. The summed E-state index contributed by atoms with van der Waals surface area (Å²) < 4.78 is 33.9. The molecule has 7 aromatic rings. The molecule has 0 bridgehead atoms. The molecule has 2 N–H and O–H groups in total. The third-order valence-corrected chi connectivity index (χ3v) is 11.2. The van der Waals surface area contributed by atoms with Gasteiger partial charge in [0, 0.05) is 68.4 Å². The number of fused-ring (bicyclic) bond motifs is 3. The predicted octanol–water partition coefficient (Wildman–Crippen LogP) is 5.35. The Morgan fingerprint density at radius 2 is 1.53 bits per heavy atom. The first-order valence-corrected chi connectivity index (χ1v) is 19.6. The number of hydrogen-bond donors (Lipinski definition) is 2. The summed E-state index contributed by atoms with van der Waals surface area (Å²) in [4.78, 5) is 43.0. The van der Waals surface area contributed by atoms with Crippen molar-refractivity contribution in [2.24, 2.45) is 13.0 Å². The maximum atomic E-state index is 13.9. The summed E-state index contributed by atoms with van der Waals surface area (Å²) in [6.07, 6.45) is 0. The van der Waals surface area contributed by atoms with E-state index >= 15 is 0 Å². The molecule has 0 saturated carbocycles. The van der Waals surface area contributed by atoms with Crippen molar-refractivity contribution in [2.75, 3.05) is 32.1 Å². The van der Waals surface area contributed by atoms with E-state index in [1.807, 2.05) is 99.6 Å². The Morgan fingerprint density at radius 1 is 0.836 bits per heavy atom. The molecule has 0 spiro atoms. The van der Waals surface area contributed by atoms with Gasteiger partial charge >= 0.3 is 5.69 Å². The quantitative estimate of drug-likeness (QED) is 0.160. The van der Waals surface area contributed by atoms with Crippen LogP contribution in [0.25, 0.3) is 43.8 Å². The van der Waals surface area contributed by atoms with Crippen LogP contribution in [0.5, 0.6) is 0 Å². The smallest absolute Gasteiger partial charge is 0.332 e. The average molecular weight is 758 g/mol. The lowest BCUT2D eigenvalue weighted by Gasteiger charge is -2.17. The van der Waals surface area contributed by atoms with Crippen LogP contribution in [-0.2, 0) is 30.2 Å². The van der Waals surface area contributed by atoms with Gasteiger partial charge in [0.05, 0.1) is 17.1 Å². The second-order valence-electron chi connectivity index (χ2n) is 14.3. The molecule has 0 aliphatic rings. The first kappa shape index (κ1) is 37.3. The van der Waals surface area contributed by atoms with Crippen LogP contribution in [0.4, 0.5) is 5.69 Å². The highest BCUT2D eigenvalue weighted by atomic mass is 32.2. The van der Waals surface area contributed by atoms with Crippen LogP contribution in [0.2, 0.25) is 0 Å². The lowest BCUT2D eigenvalue weighted by atomic mass is 10.0. The van der Waals surface area contributed by atoms with Crippen LogP contribution in [0.1, 0.15) is 29.8 Å². The third kappa shape index (κ3) is 7.16. The van der Waals surface area contributed by atoms with Crippen molar-refractivity contribution in [1.29, 1.82) is 0 Å². The lowest BCUT2D eigenvalue weighted by Crippen LogP contribution is -2.38. The van der Waals surface area contributed by atoms with Crippen molar-refractivity contribution in [3.05, 3.63) is 135 Å². The molecule has 1 amide bonds. The molecular formula is C42H43N7O5S. The summed E-state index contributed by atoms with van der Waals surface area (Å²) in [7, 11) is 1.37. The minimum Gasteiger partial charge on any atom is -0.377 e. The van der Waals surface area contributed by atoms with Crippen LogP contribution in [-0.4, -0.2) is 60.4 Å². The van der Waals surface area contributed by atoms with Crippen molar-refractivity contribution >= 4 is 54.2 Å². The van der Waals surface area contributed by atoms with Gasteiger partial charge in [0.25, 0.3) is 11.5 Å². The minimum absolute atomic E-state index is 0.0277. The van der Waals surface area contributed by atoms with E-state index in [0.717, 1.165) is 32.0 Å². The number of aromatic nitrogens is 4. The number of benzene rings is 5. The number of carbonyl (C=O) groups is 1. The molecule has 0 atom stereocenters. The van der Waals surface area contributed by atoms with Gasteiger partial charge in [0.15, 0.2) is 5.65 Å². The summed E-state index contributed by atoms with van der Waals surface area (Å²) in [6, 6.07) is 31.6. The molecule has 0 fully saturated rings. The van der Waals surface area contributed by atoms with Gasteiger partial charge in [0.1, 0.15) is 5.39 Å². The van der Waals surface area contributed by atoms with Crippen molar-refractivity contribution in [1.82, 2.24) is 29.0 Å². The fraction of sp³-hybridized carbons (Fsp3) is 0.238. The summed E-state index contributed by atoms with van der Waals surface area (Å²) in [5.74, 6) is -0.319. The molecule has 0 aliphatic heterocycles. The molecule has 13 heteroatoms. The van der Waals surface area contributed by atoms with Crippen LogP contribution < -0.4 is 26.2 Å². The van der Waals surface area contributed by atoms with E-state index < -0.39 is 27.2 Å². The molecule has 5 aromatic carbocycles. The van der Waals surface area contributed by atoms with Gasteiger partial charge in [-0.2, -0.15) is 5.10 Å². The second kappa shape index (κ2) is 15.0. The van der Waals surface area contributed by atoms with Crippen LogP contribution in [0.3, 0.4) is 0 Å². The first-order chi connectivity index (χ1) is 26.4. The van der Waals surface area contributed by atoms with E-state index in [4.69, 9.17) is 5.10 Å². The van der Waals surface area contributed by atoms with E-state index in [1.54, 1.807) is 45.6 Å². The zero-order valence-corrected chi connectivity index (χ0v) is 32.2. The van der Waals surface area contributed by atoms with Crippen LogP contribution in [0, 0.1) is 5.92 Å². The van der Waals surface area contributed by atoms with Crippen molar-refractivity contribution in [3.63, 3.8) is 0 Å². The molecule has 12 nitrogen and oxygen atoms in total. The van der Waals surface area contributed by atoms with Gasteiger partial charge in [0.2, 0.25) is 10.0 Å². The van der Waals surface area contributed by atoms with Crippen LogP contribution in [0.15, 0.2) is 118 Å². The van der Waals surface area contributed by atoms with Gasteiger partial charge in [-0.05, 0) is 46.5 Å². The summed E-state index contributed by atoms with van der Waals surface area (Å²) in [5, 5.41) is 11.5. The van der Waals surface area contributed by atoms with Crippen LogP contribution >= 0.6 is 0 Å². The molecule has 0 aliphatic carbocycles. The second-order valence-corrected chi connectivity index (χ2v) is 16.0. The fourth-order valence-electron chi connectivity index (χ4n) is 7.13. The molecule has 0 unspecified atom stereocenters. The molecule has 0 saturated heterocycles. The van der Waals surface area contributed by atoms with Gasteiger partial charge < -0.3 is 10.2 Å². The number of carbonyl (C=O) groups excluding carboxylic acids is 1. The zero-order valence-electron chi connectivity index (χ0n) is 31.4.